The highest BCUT2D eigenvalue weighted by Crippen LogP contribution is 2.35. The number of aryl methyl sites for hydroxylation is 1. The molecule has 2 N–H and O–H groups in total. The average molecular weight is 349 g/mol. The molecule has 1 aliphatic heterocycles. The van der Waals surface area contributed by atoms with Gasteiger partial charge in [0.05, 0.1) is 23.6 Å². The molecular weight excluding hydrogens is 331 g/mol. The van der Waals surface area contributed by atoms with Crippen LogP contribution in [0.2, 0.25) is 0 Å². The van der Waals surface area contributed by atoms with Gasteiger partial charge in [0.2, 0.25) is 0 Å². The lowest BCUT2D eigenvalue weighted by molar-refractivity contribution is 0.0949. The first-order chi connectivity index (χ1) is 11.9. The smallest absolute Gasteiger partial charge is 0.266 e. The Balaban J connectivity index is 1.78. The molecular formula is C18H18F3N3O. The number of rotatable bonds is 4. The summed E-state index contributed by atoms with van der Waals surface area (Å²) < 4.78 is 38.8. The van der Waals surface area contributed by atoms with Gasteiger partial charge in [0.15, 0.2) is 0 Å². The van der Waals surface area contributed by atoms with Crippen LogP contribution in [0.4, 0.5) is 24.5 Å². The Morgan fingerprint density at radius 1 is 1.32 bits per heavy atom. The van der Waals surface area contributed by atoms with Crippen molar-refractivity contribution in [3.8, 4) is 0 Å². The Morgan fingerprint density at radius 3 is 2.76 bits per heavy atom. The number of nitrogens with zero attached hydrogens (tertiary/aromatic N) is 1. The normalized spacial score (nSPS) is 13.0. The molecule has 1 heterocycles. The maximum Gasteiger partial charge on any atom is 0.266 e. The molecule has 2 aromatic rings. The SMILES string of the molecule is Cc1ccc2c(c1CNC(=O)c1ccc(C(F)F)c(F)c1)N(C)CN2. The van der Waals surface area contributed by atoms with Crippen molar-refractivity contribution in [3.63, 3.8) is 0 Å². The monoisotopic (exact) mass is 349 g/mol. The molecule has 0 spiro atoms. The second-order valence-electron chi connectivity index (χ2n) is 6.01. The lowest BCUT2D eigenvalue weighted by atomic mass is 10.0. The van der Waals surface area contributed by atoms with E-state index in [0.29, 0.717) is 6.67 Å². The van der Waals surface area contributed by atoms with Gasteiger partial charge in [-0.15, -0.1) is 0 Å². The summed E-state index contributed by atoms with van der Waals surface area (Å²) in [4.78, 5) is 14.3. The van der Waals surface area contributed by atoms with Crippen molar-refractivity contribution in [2.24, 2.45) is 0 Å². The van der Waals surface area contributed by atoms with Gasteiger partial charge in [0.1, 0.15) is 5.82 Å². The minimum Gasteiger partial charge on any atom is -0.366 e. The molecule has 25 heavy (non-hydrogen) atoms. The molecule has 0 aliphatic carbocycles. The van der Waals surface area contributed by atoms with Crippen molar-refractivity contribution in [1.82, 2.24) is 5.32 Å². The maximum absolute atomic E-state index is 13.6. The number of hydrogen-bond acceptors (Lipinski definition) is 3. The molecule has 4 nitrogen and oxygen atoms in total. The Morgan fingerprint density at radius 2 is 2.08 bits per heavy atom. The van der Waals surface area contributed by atoms with Crippen LogP contribution in [0.15, 0.2) is 30.3 Å². The van der Waals surface area contributed by atoms with Gasteiger partial charge in [-0.2, -0.15) is 0 Å². The van der Waals surface area contributed by atoms with Crippen LogP contribution in [-0.4, -0.2) is 19.6 Å². The second kappa shape index (κ2) is 6.66. The molecule has 132 valence electrons. The molecule has 0 saturated heterocycles. The minimum atomic E-state index is -2.91. The van der Waals surface area contributed by atoms with Gasteiger partial charge in [0.25, 0.3) is 12.3 Å². The average Bonchev–Trinajstić information content (AvgIpc) is 2.94. The number of alkyl halides is 2. The summed E-state index contributed by atoms with van der Waals surface area (Å²) >= 11 is 0. The van der Waals surface area contributed by atoms with Crippen LogP contribution in [-0.2, 0) is 6.54 Å². The van der Waals surface area contributed by atoms with Crippen molar-refractivity contribution in [2.75, 3.05) is 23.9 Å². The maximum atomic E-state index is 13.6. The zero-order valence-electron chi connectivity index (χ0n) is 13.9. The van der Waals surface area contributed by atoms with E-state index in [2.05, 4.69) is 10.6 Å². The molecule has 0 fully saturated rings. The molecule has 0 bridgehead atoms. The fraction of sp³-hybridized carbons (Fsp3) is 0.278. The van der Waals surface area contributed by atoms with Crippen LogP contribution >= 0.6 is 0 Å². The van der Waals surface area contributed by atoms with Gasteiger partial charge in [-0.1, -0.05) is 6.07 Å². The van der Waals surface area contributed by atoms with Gasteiger partial charge in [-0.25, -0.2) is 13.2 Å². The first kappa shape index (κ1) is 17.1. The zero-order valence-corrected chi connectivity index (χ0v) is 13.9. The van der Waals surface area contributed by atoms with Gasteiger partial charge >= 0.3 is 0 Å². The summed E-state index contributed by atoms with van der Waals surface area (Å²) in [5.41, 5.74) is 3.29. The highest BCUT2D eigenvalue weighted by Gasteiger charge is 2.21. The number of halogens is 3. The number of nitrogens with one attached hydrogen (secondary N) is 2. The predicted octanol–water partition coefficient (Wildman–Crippen LogP) is 3.82. The van der Waals surface area contributed by atoms with Crippen LogP contribution in [0, 0.1) is 12.7 Å². The van der Waals surface area contributed by atoms with E-state index in [1.54, 1.807) is 0 Å². The van der Waals surface area contributed by atoms with E-state index in [1.807, 2.05) is 31.0 Å². The Bertz CT molecular complexity index is 823. The molecule has 2 aromatic carbocycles. The zero-order chi connectivity index (χ0) is 18.1. The highest BCUT2D eigenvalue weighted by atomic mass is 19.3. The van der Waals surface area contributed by atoms with Crippen molar-refractivity contribution in [1.29, 1.82) is 0 Å². The third-order valence-electron chi connectivity index (χ3n) is 4.33. The van der Waals surface area contributed by atoms with Crippen LogP contribution in [0.1, 0.15) is 33.5 Å². The summed E-state index contributed by atoms with van der Waals surface area (Å²) in [7, 11) is 1.95. The van der Waals surface area contributed by atoms with Crippen LogP contribution in [0.5, 0.6) is 0 Å². The standard InChI is InChI=1S/C18H18F3N3O/c1-10-3-6-15-16(24(2)9-23-15)13(10)8-22-18(25)11-4-5-12(17(20)21)14(19)7-11/h3-7,17,23H,8-9H2,1-2H3,(H,22,25). The number of amides is 1. The van der Waals surface area contributed by atoms with Gasteiger partial charge in [-0.3, -0.25) is 4.79 Å². The lowest BCUT2D eigenvalue weighted by Gasteiger charge is -2.18. The number of benzene rings is 2. The van der Waals surface area contributed by atoms with E-state index < -0.39 is 23.7 Å². The Hall–Kier alpha value is -2.70. The molecule has 0 aromatic heterocycles. The number of carbonyl (C=O) groups is 1. The quantitative estimate of drug-likeness (QED) is 0.882. The molecule has 1 aliphatic rings. The first-order valence-electron chi connectivity index (χ1n) is 7.81. The van der Waals surface area contributed by atoms with E-state index in [4.69, 9.17) is 0 Å². The Labute approximate surface area is 143 Å². The van der Waals surface area contributed by atoms with Crippen LogP contribution < -0.4 is 15.5 Å². The molecule has 3 rings (SSSR count). The molecule has 0 unspecified atom stereocenters. The third kappa shape index (κ3) is 3.26. The number of anilines is 2. The first-order valence-corrected chi connectivity index (χ1v) is 7.81. The van der Waals surface area contributed by atoms with E-state index in [0.717, 1.165) is 34.6 Å². The fourth-order valence-electron chi connectivity index (χ4n) is 2.94. The third-order valence-corrected chi connectivity index (χ3v) is 4.33. The van der Waals surface area contributed by atoms with Crippen molar-refractivity contribution in [3.05, 3.63) is 58.4 Å². The fourth-order valence-corrected chi connectivity index (χ4v) is 2.94. The van der Waals surface area contributed by atoms with Gasteiger partial charge < -0.3 is 15.5 Å². The number of carbonyl (C=O) groups excluding carboxylic acids is 1. The molecule has 0 radical (unpaired) electrons. The van der Waals surface area contributed by atoms with E-state index in [-0.39, 0.29) is 12.1 Å². The van der Waals surface area contributed by atoms with Gasteiger partial charge in [0, 0.05) is 19.2 Å². The van der Waals surface area contributed by atoms with Crippen molar-refractivity contribution < 1.29 is 18.0 Å². The summed E-state index contributed by atoms with van der Waals surface area (Å²) in [6.07, 6.45) is -2.91. The van der Waals surface area contributed by atoms with Gasteiger partial charge in [-0.05, 0) is 42.3 Å². The lowest BCUT2D eigenvalue weighted by Crippen LogP contribution is -2.25. The number of hydrogen-bond donors (Lipinski definition) is 2. The Kier molecular flexibility index (Phi) is 4.57. The molecule has 7 heteroatoms. The summed E-state index contributed by atoms with van der Waals surface area (Å²) in [5.74, 6) is -1.59. The van der Waals surface area contributed by atoms with Crippen LogP contribution in [0.25, 0.3) is 0 Å². The summed E-state index contributed by atoms with van der Waals surface area (Å²) in [6.45, 7) is 2.89. The highest BCUT2D eigenvalue weighted by molar-refractivity contribution is 5.94. The topological polar surface area (TPSA) is 44.4 Å². The summed E-state index contributed by atoms with van der Waals surface area (Å²) in [5, 5.41) is 5.99. The van der Waals surface area contributed by atoms with E-state index in [1.165, 1.54) is 6.07 Å². The largest absolute Gasteiger partial charge is 0.366 e. The molecule has 1 amide bonds. The number of fused-ring (bicyclic) bond motifs is 1. The van der Waals surface area contributed by atoms with Crippen LogP contribution in [0.3, 0.4) is 0 Å². The predicted molar refractivity (Wildman–Crippen MR) is 90.6 cm³/mol. The molecule has 0 atom stereocenters. The molecule has 0 saturated carbocycles. The summed E-state index contributed by atoms with van der Waals surface area (Å²) in [6, 6.07) is 6.93. The minimum absolute atomic E-state index is 0.0126. The van der Waals surface area contributed by atoms with Crippen molar-refractivity contribution >= 4 is 17.3 Å². The van der Waals surface area contributed by atoms with Crippen molar-refractivity contribution in [2.45, 2.75) is 19.9 Å². The van der Waals surface area contributed by atoms with E-state index in [9.17, 15) is 18.0 Å². The second-order valence-corrected chi connectivity index (χ2v) is 6.01. The van der Waals surface area contributed by atoms with E-state index >= 15 is 0 Å².